The third kappa shape index (κ3) is 9.84. The van der Waals surface area contributed by atoms with E-state index in [1.54, 1.807) is 16.7 Å². The third-order valence-electron chi connectivity index (χ3n) is 6.13. The van der Waals surface area contributed by atoms with E-state index in [4.69, 9.17) is 11.6 Å². The van der Waals surface area contributed by atoms with E-state index in [2.05, 4.69) is 21.2 Å². The Morgan fingerprint density at radius 3 is 2.38 bits per heavy atom. The second kappa shape index (κ2) is 15.2. The third-order valence-corrected chi connectivity index (χ3v) is 7.97. The molecule has 0 fully saturated rings. The van der Waals surface area contributed by atoms with Crippen LogP contribution in [0.3, 0.4) is 0 Å². The molecular formula is C30H34BrClN2O2S. The van der Waals surface area contributed by atoms with Crippen molar-refractivity contribution in [2.75, 3.05) is 5.75 Å². The maximum atomic E-state index is 13.7. The van der Waals surface area contributed by atoms with Gasteiger partial charge in [-0.05, 0) is 73.0 Å². The van der Waals surface area contributed by atoms with Crippen molar-refractivity contribution in [3.8, 4) is 0 Å². The number of hydrogen-bond donors (Lipinski definition) is 1. The zero-order valence-corrected chi connectivity index (χ0v) is 24.5. The monoisotopic (exact) mass is 600 g/mol. The van der Waals surface area contributed by atoms with Crippen LogP contribution in [0.2, 0.25) is 5.02 Å². The van der Waals surface area contributed by atoms with Crippen LogP contribution in [-0.2, 0) is 22.6 Å². The molecule has 37 heavy (non-hydrogen) atoms. The Morgan fingerprint density at radius 1 is 1.00 bits per heavy atom. The first-order valence-electron chi connectivity index (χ1n) is 12.6. The minimum absolute atomic E-state index is 0.0167. The predicted molar refractivity (Wildman–Crippen MR) is 158 cm³/mol. The van der Waals surface area contributed by atoms with Crippen molar-refractivity contribution in [2.24, 2.45) is 0 Å². The molecule has 0 radical (unpaired) electrons. The van der Waals surface area contributed by atoms with Crippen LogP contribution in [0, 0.1) is 0 Å². The number of hydrogen-bond acceptors (Lipinski definition) is 3. The van der Waals surface area contributed by atoms with Crippen LogP contribution in [0.4, 0.5) is 0 Å². The van der Waals surface area contributed by atoms with Gasteiger partial charge in [-0.3, -0.25) is 9.59 Å². The van der Waals surface area contributed by atoms with Gasteiger partial charge in [0.05, 0.1) is 0 Å². The zero-order valence-electron chi connectivity index (χ0n) is 21.3. The van der Waals surface area contributed by atoms with E-state index in [0.29, 0.717) is 30.8 Å². The molecule has 0 saturated heterocycles. The largest absolute Gasteiger partial charge is 0.352 e. The van der Waals surface area contributed by atoms with Gasteiger partial charge in [0.25, 0.3) is 0 Å². The van der Waals surface area contributed by atoms with Crippen molar-refractivity contribution >= 4 is 51.1 Å². The summed E-state index contributed by atoms with van der Waals surface area (Å²) < 4.78 is 0.945. The standard InChI is InChI=1S/C30H34BrClN2O2S/c1-3-22(2)33-30(36)28(20-23-9-5-4-6-10-23)34(21-24-11-7-12-25(31)19-24)29(35)13-8-18-37-27-16-14-26(32)15-17-27/h4-7,9-12,14-17,19,22,28H,3,8,13,18,20-21H2,1-2H3,(H,33,36). The summed E-state index contributed by atoms with van der Waals surface area (Å²) in [5.41, 5.74) is 2.00. The fraction of sp³-hybridized carbons (Fsp3) is 0.333. The molecule has 0 spiro atoms. The van der Waals surface area contributed by atoms with Gasteiger partial charge in [0, 0.05) is 39.8 Å². The summed E-state index contributed by atoms with van der Waals surface area (Å²) in [5, 5.41) is 3.83. The quantitative estimate of drug-likeness (QED) is 0.163. The fourth-order valence-electron chi connectivity index (χ4n) is 3.91. The Kier molecular flexibility index (Phi) is 12.0. The SMILES string of the molecule is CCC(C)NC(=O)C(Cc1ccccc1)N(Cc1cccc(Br)c1)C(=O)CCCSc1ccc(Cl)cc1. The molecule has 0 saturated carbocycles. The summed E-state index contributed by atoms with van der Waals surface area (Å²) in [6.07, 6.45) is 2.37. The lowest BCUT2D eigenvalue weighted by molar-refractivity contribution is -0.141. The van der Waals surface area contributed by atoms with E-state index >= 15 is 0 Å². The Morgan fingerprint density at radius 2 is 1.70 bits per heavy atom. The summed E-state index contributed by atoms with van der Waals surface area (Å²) >= 11 is 11.2. The molecule has 0 aliphatic rings. The molecule has 3 rings (SSSR count). The number of thioether (sulfide) groups is 1. The highest BCUT2D eigenvalue weighted by Crippen LogP contribution is 2.23. The van der Waals surface area contributed by atoms with Gasteiger partial charge in [-0.25, -0.2) is 0 Å². The lowest BCUT2D eigenvalue weighted by Crippen LogP contribution is -2.52. The van der Waals surface area contributed by atoms with Crippen LogP contribution in [0.25, 0.3) is 0 Å². The van der Waals surface area contributed by atoms with Crippen molar-refractivity contribution in [3.63, 3.8) is 0 Å². The predicted octanol–water partition coefficient (Wildman–Crippen LogP) is 7.53. The lowest BCUT2D eigenvalue weighted by Gasteiger charge is -2.32. The molecule has 0 aromatic heterocycles. The highest BCUT2D eigenvalue weighted by atomic mass is 79.9. The van der Waals surface area contributed by atoms with Crippen LogP contribution >= 0.6 is 39.3 Å². The molecule has 0 heterocycles. The van der Waals surface area contributed by atoms with Gasteiger partial charge in [0.2, 0.25) is 11.8 Å². The minimum Gasteiger partial charge on any atom is -0.352 e. The highest BCUT2D eigenvalue weighted by Gasteiger charge is 2.30. The van der Waals surface area contributed by atoms with Gasteiger partial charge in [0.1, 0.15) is 6.04 Å². The first-order chi connectivity index (χ1) is 17.9. The van der Waals surface area contributed by atoms with Gasteiger partial charge < -0.3 is 10.2 Å². The van der Waals surface area contributed by atoms with Crippen LogP contribution < -0.4 is 5.32 Å². The highest BCUT2D eigenvalue weighted by molar-refractivity contribution is 9.10. The normalized spacial score (nSPS) is 12.5. The van der Waals surface area contributed by atoms with Gasteiger partial charge in [0.15, 0.2) is 0 Å². The van der Waals surface area contributed by atoms with Crippen LogP contribution in [0.5, 0.6) is 0 Å². The molecule has 1 N–H and O–H groups in total. The van der Waals surface area contributed by atoms with Gasteiger partial charge in [-0.2, -0.15) is 0 Å². The van der Waals surface area contributed by atoms with Crippen LogP contribution in [0.15, 0.2) is 88.2 Å². The van der Waals surface area contributed by atoms with Crippen molar-refractivity contribution in [2.45, 2.75) is 63.1 Å². The Bertz CT molecular complexity index is 1140. The first kappa shape index (κ1) is 29.3. The van der Waals surface area contributed by atoms with Gasteiger partial charge in [-0.15, -0.1) is 11.8 Å². The molecule has 0 aliphatic heterocycles. The van der Waals surface area contributed by atoms with Crippen LogP contribution in [-0.4, -0.2) is 34.6 Å². The topological polar surface area (TPSA) is 49.4 Å². The van der Waals surface area contributed by atoms with E-state index in [0.717, 1.165) is 32.7 Å². The van der Waals surface area contributed by atoms with Gasteiger partial charge in [-0.1, -0.05) is 76.9 Å². The van der Waals surface area contributed by atoms with Gasteiger partial charge >= 0.3 is 0 Å². The van der Waals surface area contributed by atoms with Crippen LogP contribution in [0.1, 0.15) is 44.2 Å². The molecule has 7 heteroatoms. The molecule has 0 aliphatic carbocycles. The average Bonchev–Trinajstić information content (AvgIpc) is 2.90. The summed E-state index contributed by atoms with van der Waals surface area (Å²) in [6, 6.07) is 25.0. The number of carbonyl (C=O) groups is 2. The smallest absolute Gasteiger partial charge is 0.243 e. The van der Waals surface area contributed by atoms with E-state index in [9.17, 15) is 9.59 Å². The number of rotatable bonds is 13. The Labute approximate surface area is 238 Å². The number of nitrogens with zero attached hydrogens (tertiary/aromatic N) is 1. The molecule has 2 unspecified atom stereocenters. The fourth-order valence-corrected chi connectivity index (χ4v) is 5.34. The molecule has 3 aromatic carbocycles. The number of halogens is 2. The van der Waals surface area contributed by atoms with Crippen molar-refractivity contribution < 1.29 is 9.59 Å². The van der Waals surface area contributed by atoms with E-state index in [1.165, 1.54) is 0 Å². The van der Waals surface area contributed by atoms with E-state index < -0.39 is 6.04 Å². The van der Waals surface area contributed by atoms with E-state index in [-0.39, 0.29) is 17.9 Å². The second-order valence-corrected chi connectivity index (χ2v) is 11.6. The first-order valence-corrected chi connectivity index (χ1v) is 14.8. The molecular weight excluding hydrogens is 568 g/mol. The summed E-state index contributed by atoms with van der Waals surface area (Å²) in [7, 11) is 0. The Hall–Kier alpha value is -2.28. The van der Waals surface area contributed by atoms with Crippen molar-refractivity contribution in [1.82, 2.24) is 10.2 Å². The maximum absolute atomic E-state index is 13.7. The molecule has 2 amide bonds. The molecule has 3 aromatic rings. The van der Waals surface area contributed by atoms with E-state index in [1.807, 2.05) is 92.7 Å². The average molecular weight is 602 g/mol. The zero-order chi connectivity index (χ0) is 26.6. The molecule has 0 bridgehead atoms. The lowest BCUT2D eigenvalue weighted by atomic mass is 10.0. The molecule has 4 nitrogen and oxygen atoms in total. The Balaban J connectivity index is 1.79. The summed E-state index contributed by atoms with van der Waals surface area (Å²) in [5.74, 6) is 0.676. The number of amides is 2. The number of carbonyl (C=O) groups excluding carboxylic acids is 2. The van der Waals surface area contributed by atoms with Crippen molar-refractivity contribution in [3.05, 3.63) is 99.5 Å². The molecule has 196 valence electrons. The number of benzene rings is 3. The maximum Gasteiger partial charge on any atom is 0.243 e. The minimum atomic E-state index is -0.605. The summed E-state index contributed by atoms with van der Waals surface area (Å²) in [6.45, 7) is 4.40. The van der Waals surface area contributed by atoms with Crippen molar-refractivity contribution in [1.29, 1.82) is 0 Å². The second-order valence-electron chi connectivity index (χ2n) is 9.08. The number of nitrogens with one attached hydrogen (secondary N) is 1. The molecule has 2 atom stereocenters. The summed E-state index contributed by atoms with van der Waals surface area (Å²) in [4.78, 5) is 30.1.